The van der Waals surface area contributed by atoms with Crippen LogP contribution in [0.4, 0.5) is 0 Å². The average molecular weight is 220 g/mol. The van der Waals surface area contributed by atoms with E-state index in [0.717, 1.165) is 37.9 Å². The van der Waals surface area contributed by atoms with E-state index >= 15 is 0 Å². The summed E-state index contributed by atoms with van der Waals surface area (Å²) in [6.45, 7) is 2.14. The second-order valence-electron chi connectivity index (χ2n) is 4.51. The zero-order valence-corrected chi connectivity index (χ0v) is 9.86. The summed E-state index contributed by atoms with van der Waals surface area (Å²) in [5.74, 6) is 0.878. The maximum atomic E-state index is 9.81. The number of rotatable bonds is 3. The van der Waals surface area contributed by atoms with Gasteiger partial charge in [-0.15, -0.1) is 0 Å². The van der Waals surface area contributed by atoms with Crippen LogP contribution in [0.15, 0.2) is 24.3 Å². The number of aliphatic hydroxyl groups is 1. The fraction of sp³-hybridized carbons (Fsp3) is 0.571. The largest absolute Gasteiger partial charge is 0.488 e. The Kier molecular flexibility index (Phi) is 3.83. The Balaban J connectivity index is 1.96. The van der Waals surface area contributed by atoms with Crippen molar-refractivity contribution in [2.24, 2.45) is 0 Å². The zero-order chi connectivity index (χ0) is 11.4. The van der Waals surface area contributed by atoms with Gasteiger partial charge in [-0.25, -0.2) is 0 Å². The van der Waals surface area contributed by atoms with Crippen molar-refractivity contribution < 1.29 is 9.84 Å². The highest BCUT2D eigenvalue weighted by Crippen LogP contribution is 2.24. The molecule has 2 atom stereocenters. The molecule has 0 heterocycles. The van der Waals surface area contributed by atoms with Crippen molar-refractivity contribution >= 4 is 0 Å². The lowest BCUT2D eigenvalue weighted by Crippen LogP contribution is -2.34. The summed E-state index contributed by atoms with van der Waals surface area (Å²) in [4.78, 5) is 0. The highest BCUT2D eigenvalue weighted by molar-refractivity contribution is 5.27. The minimum atomic E-state index is -0.292. The van der Waals surface area contributed by atoms with E-state index in [1.54, 1.807) is 0 Å². The second-order valence-corrected chi connectivity index (χ2v) is 4.51. The van der Waals surface area contributed by atoms with E-state index in [9.17, 15) is 5.11 Å². The van der Waals surface area contributed by atoms with Crippen LogP contribution in [0.3, 0.4) is 0 Å². The van der Waals surface area contributed by atoms with Crippen LogP contribution in [-0.4, -0.2) is 17.3 Å². The average Bonchev–Trinajstić information content (AvgIpc) is 2.33. The van der Waals surface area contributed by atoms with Crippen LogP contribution in [-0.2, 0) is 6.42 Å². The molecule has 1 aromatic carbocycles. The monoisotopic (exact) mass is 220 g/mol. The highest BCUT2D eigenvalue weighted by Gasteiger charge is 2.24. The van der Waals surface area contributed by atoms with Gasteiger partial charge in [-0.2, -0.15) is 0 Å². The fourth-order valence-corrected chi connectivity index (χ4v) is 2.19. The van der Waals surface area contributed by atoms with Crippen LogP contribution in [0, 0.1) is 0 Å². The molecule has 1 aliphatic carbocycles. The van der Waals surface area contributed by atoms with Gasteiger partial charge >= 0.3 is 0 Å². The third kappa shape index (κ3) is 2.76. The first-order valence-corrected chi connectivity index (χ1v) is 6.23. The molecule has 1 saturated carbocycles. The molecule has 0 aromatic heterocycles. The molecule has 1 aromatic rings. The van der Waals surface area contributed by atoms with Gasteiger partial charge in [0.1, 0.15) is 11.9 Å². The molecule has 16 heavy (non-hydrogen) atoms. The predicted octanol–water partition coefficient (Wildman–Crippen LogP) is 2.93. The summed E-state index contributed by atoms with van der Waals surface area (Å²) in [5, 5.41) is 9.81. The van der Waals surface area contributed by atoms with Crippen LogP contribution in [0.25, 0.3) is 0 Å². The molecule has 0 amide bonds. The topological polar surface area (TPSA) is 29.5 Å². The number of hydrogen-bond acceptors (Lipinski definition) is 2. The van der Waals surface area contributed by atoms with Crippen LogP contribution < -0.4 is 4.74 Å². The molecule has 2 heteroatoms. The summed E-state index contributed by atoms with van der Waals surface area (Å²) in [5.41, 5.74) is 1.32. The predicted molar refractivity (Wildman–Crippen MR) is 64.7 cm³/mol. The lowest BCUT2D eigenvalue weighted by Gasteiger charge is -2.28. The molecule has 0 radical (unpaired) electrons. The van der Waals surface area contributed by atoms with Gasteiger partial charge < -0.3 is 9.84 Å². The van der Waals surface area contributed by atoms with Gasteiger partial charge in [0, 0.05) is 0 Å². The maximum Gasteiger partial charge on any atom is 0.124 e. The molecule has 0 aliphatic heterocycles. The number of ether oxygens (including phenoxy) is 1. The Labute approximate surface area is 97.3 Å². The van der Waals surface area contributed by atoms with Crippen LogP contribution in [0.1, 0.15) is 38.2 Å². The van der Waals surface area contributed by atoms with E-state index in [1.165, 1.54) is 5.56 Å². The molecule has 1 fully saturated rings. The first-order chi connectivity index (χ1) is 7.79. The van der Waals surface area contributed by atoms with E-state index in [-0.39, 0.29) is 12.2 Å². The molecule has 1 aliphatic rings. The van der Waals surface area contributed by atoms with Gasteiger partial charge in [0.15, 0.2) is 0 Å². The molecule has 0 bridgehead atoms. The van der Waals surface area contributed by atoms with Crippen molar-refractivity contribution in [3.8, 4) is 5.75 Å². The Bertz CT molecular complexity index is 318. The van der Waals surface area contributed by atoms with Crippen molar-refractivity contribution in [1.82, 2.24) is 0 Å². The summed E-state index contributed by atoms with van der Waals surface area (Å²) >= 11 is 0. The Morgan fingerprint density at radius 3 is 2.50 bits per heavy atom. The molecule has 2 unspecified atom stereocenters. The molecule has 1 N–H and O–H groups in total. The van der Waals surface area contributed by atoms with E-state index in [1.807, 2.05) is 12.1 Å². The van der Waals surface area contributed by atoms with Crippen LogP contribution >= 0.6 is 0 Å². The maximum absolute atomic E-state index is 9.81. The van der Waals surface area contributed by atoms with E-state index in [4.69, 9.17) is 4.74 Å². The van der Waals surface area contributed by atoms with Crippen molar-refractivity contribution in [1.29, 1.82) is 0 Å². The number of aryl methyl sites for hydroxylation is 1. The molecule has 0 saturated heterocycles. The summed E-state index contributed by atoms with van der Waals surface area (Å²) < 4.78 is 5.82. The standard InChI is InChI=1S/C14H20O2/c1-2-11-7-9-12(10-8-11)16-14-6-4-3-5-13(14)15/h7-10,13-15H,2-6H2,1H3. The minimum Gasteiger partial charge on any atom is -0.488 e. The van der Waals surface area contributed by atoms with Gasteiger partial charge in [0.25, 0.3) is 0 Å². The lowest BCUT2D eigenvalue weighted by atomic mass is 9.95. The summed E-state index contributed by atoms with van der Waals surface area (Å²) in [6, 6.07) is 8.18. The quantitative estimate of drug-likeness (QED) is 0.848. The van der Waals surface area contributed by atoms with Crippen molar-refractivity contribution in [3.63, 3.8) is 0 Å². The smallest absolute Gasteiger partial charge is 0.124 e. The first-order valence-electron chi connectivity index (χ1n) is 6.23. The van der Waals surface area contributed by atoms with Gasteiger partial charge in [-0.1, -0.05) is 25.5 Å². The number of aliphatic hydroxyl groups excluding tert-OH is 1. The SMILES string of the molecule is CCc1ccc(OC2CCCCC2O)cc1. The van der Waals surface area contributed by atoms with Crippen molar-refractivity contribution in [3.05, 3.63) is 29.8 Å². The van der Waals surface area contributed by atoms with Crippen LogP contribution in [0.5, 0.6) is 5.75 Å². The summed E-state index contributed by atoms with van der Waals surface area (Å²) in [7, 11) is 0. The summed E-state index contributed by atoms with van der Waals surface area (Å²) in [6.07, 6.45) is 4.87. The second kappa shape index (κ2) is 5.35. The lowest BCUT2D eigenvalue weighted by molar-refractivity contribution is 0.00687. The first kappa shape index (κ1) is 11.5. The van der Waals surface area contributed by atoms with Crippen molar-refractivity contribution in [2.45, 2.75) is 51.2 Å². The highest BCUT2D eigenvalue weighted by atomic mass is 16.5. The van der Waals surface area contributed by atoms with E-state index < -0.39 is 0 Å². The van der Waals surface area contributed by atoms with E-state index in [2.05, 4.69) is 19.1 Å². The van der Waals surface area contributed by atoms with Gasteiger partial charge in [-0.3, -0.25) is 0 Å². The molecule has 0 spiro atoms. The molecule has 2 rings (SSSR count). The minimum absolute atomic E-state index is 0.0128. The molecular formula is C14H20O2. The number of hydrogen-bond donors (Lipinski definition) is 1. The zero-order valence-electron chi connectivity index (χ0n) is 9.86. The number of benzene rings is 1. The van der Waals surface area contributed by atoms with Gasteiger partial charge in [-0.05, 0) is 43.4 Å². The van der Waals surface area contributed by atoms with Crippen LogP contribution in [0.2, 0.25) is 0 Å². The van der Waals surface area contributed by atoms with Gasteiger partial charge in [0.2, 0.25) is 0 Å². The van der Waals surface area contributed by atoms with E-state index in [0.29, 0.717) is 0 Å². The molecule has 88 valence electrons. The normalized spacial score (nSPS) is 25.4. The third-order valence-electron chi connectivity index (χ3n) is 3.29. The Hall–Kier alpha value is -1.02. The Morgan fingerprint density at radius 2 is 1.88 bits per heavy atom. The van der Waals surface area contributed by atoms with Gasteiger partial charge in [0.05, 0.1) is 6.10 Å². The molecule has 2 nitrogen and oxygen atoms in total. The molecular weight excluding hydrogens is 200 g/mol. The third-order valence-corrected chi connectivity index (χ3v) is 3.29. The fourth-order valence-electron chi connectivity index (χ4n) is 2.19. The Morgan fingerprint density at radius 1 is 1.19 bits per heavy atom. The van der Waals surface area contributed by atoms with Crippen molar-refractivity contribution in [2.75, 3.05) is 0 Å².